The van der Waals surface area contributed by atoms with Gasteiger partial charge in [0.2, 0.25) is 0 Å². The van der Waals surface area contributed by atoms with Crippen molar-refractivity contribution in [2.24, 2.45) is 0 Å². The van der Waals surface area contributed by atoms with Crippen LogP contribution in [0, 0.1) is 6.92 Å². The summed E-state index contributed by atoms with van der Waals surface area (Å²) in [5.41, 5.74) is 0.167. The topological polar surface area (TPSA) is 51.0 Å². The Bertz CT molecular complexity index is 1020. The summed E-state index contributed by atoms with van der Waals surface area (Å²) in [6, 6.07) is 6.79. The summed E-state index contributed by atoms with van der Waals surface area (Å²) < 4.78 is 27.6. The fraction of sp³-hybridized carbons (Fsp3) is 0.421. The quantitative estimate of drug-likeness (QED) is 0.666. The van der Waals surface area contributed by atoms with Crippen LogP contribution in [0.1, 0.15) is 34.6 Å². The lowest BCUT2D eigenvalue weighted by Gasteiger charge is -2.26. The molecular formula is C19H20F2N4OS. The molecule has 0 saturated carbocycles. The standard InChI is InChI=1S/C19H20F2N4OS/c1-12-22-9-13(27-12)10-24-8-4-7-16(24)18-23-15-6-3-2-5-14(15)19(26)25(18)11-17(20)21/h2-3,5-6,9,16-17H,4,7-8,10-11H2,1H3. The van der Waals surface area contributed by atoms with E-state index in [-0.39, 0.29) is 6.04 Å². The zero-order valence-corrected chi connectivity index (χ0v) is 15.8. The molecule has 0 spiro atoms. The molecule has 5 nitrogen and oxygen atoms in total. The van der Waals surface area contributed by atoms with Gasteiger partial charge in [0.1, 0.15) is 5.82 Å². The maximum atomic E-state index is 13.2. The van der Waals surface area contributed by atoms with Crippen molar-refractivity contribution in [3.05, 3.63) is 56.5 Å². The highest BCUT2D eigenvalue weighted by atomic mass is 32.1. The molecule has 0 bridgehead atoms. The van der Waals surface area contributed by atoms with Crippen molar-refractivity contribution in [2.75, 3.05) is 6.54 Å². The number of hydrogen-bond donors (Lipinski definition) is 0. The van der Waals surface area contributed by atoms with Gasteiger partial charge in [-0.15, -0.1) is 11.3 Å². The fourth-order valence-electron chi connectivity index (χ4n) is 3.74. The molecule has 0 amide bonds. The largest absolute Gasteiger partial charge is 0.289 e. The van der Waals surface area contributed by atoms with E-state index in [1.165, 1.54) is 4.57 Å². The number of nitrogens with zero attached hydrogens (tertiary/aromatic N) is 4. The molecule has 1 saturated heterocycles. The number of thiazole rings is 1. The van der Waals surface area contributed by atoms with Crippen molar-refractivity contribution >= 4 is 22.2 Å². The molecule has 1 fully saturated rings. The molecule has 0 N–H and O–H groups in total. The number of rotatable bonds is 5. The minimum atomic E-state index is -2.61. The van der Waals surface area contributed by atoms with Crippen molar-refractivity contribution in [2.45, 2.75) is 45.3 Å². The molecule has 1 aliphatic heterocycles. The number of alkyl halides is 2. The zero-order valence-electron chi connectivity index (χ0n) is 14.9. The van der Waals surface area contributed by atoms with Gasteiger partial charge in [-0.2, -0.15) is 0 Å². The normalized spacial score (nSPS) is 18.0. The molecule has 0 radical (unpaired) electrons. The van der Waals surface area contributed by atoms with Crippen LogP contribution in [0.3, 0.4) is 0 Å². The van der Waals surface area contributed by atoms with Crippen molar-refractivity contribution in [1.29, 1.82) is 0 Å². The monoisotopic (exact) mass is 390 g/mol. The average molecular weight is 390 g/mol. The third-order valence-corrected chi connectivity index (χ3v) is 5.80. The number of fused-ring (bicyclic) bond motifs is 1. The Morgan fingerprint density at radius 3 is 2.89 bits per heavy atom. The van der Waals surface area contributed by atoms with E-state index in [9.17, 15) is 13.6 Å². The first-order valence-corrected chi connectivity index (χ1v) is 9.77. The van der Waals surface area contributed by atoms with Crippen LogP contribution in [0.25, 0.3) is 10.9 Å². The van der Waals surface area contributed by atoms with Gasteiger partial charge >= 0.3 is 0 Å². The third-order valence-electron chi connectivity index (χ3n) is 4.90. The van der Waals surface area contributed by atoms with E-state index in [0.717, 1.165) is 29.3 Å². The van der Waals surface area contributed by atoms with Gasteiger partial charge in [0, 0.05) is 17.6 Å². The first-order chi connectivity index (χ1) is 13.0. The maximum Gasteiger partial charge on any atom is 0.261 e. The van der Waals surface area contributed by atoms with Gasteiger partial charge < -0.3 is 0 Å². The Hall–Kier alpha value is -2.19. The number of aromatic nitrogens is 3. The van der Waals surface area contributed by atoms with Gasteiger partial charge in [0.05, 0.1) is 28.5 Å². The number of benzene rings is 1. The molecule has 3 heterocycles. The number of hydrogen-bond acceptors (Lipinski definition) is 5. The average Bonchev–Trinajstić information content (AvgIpc) is 3.26. The Morgan fingerprint density at radius 1 is 1.33 bits per heavy atom. The van der Waals surface area contributed by atoms with Crippen LogP contribution in [0.15, 0.2) is 35.3 Å². The summed E-state index contributed by atoms with van der Waals surface area (Å²) in [5.74, 6) is 0.442. The van der Waals surface area contributed by atoms with Gasteiger partial charge in [0.25, 0.3) is 12.0 Å². The molecule has 3 aromatic rings. The second-order valence-corrected chi connectivity index (χ2v) is 8.09. The van der Waals surface area contributed by atoms with E-state index in [4.69, 9.17) is 0 Å². The highest BCUT2D eigenvalue weighted by Gasteiger charge is 2.31. The smallest absolute Gasteiger partial charge is 0.261 e. The fourth-order valence-corrected chi connectivity index (χ4v) is 4.56. The van der Waals surface area contributed by atoms with E-state index in [2.05, 4.69) is 14.9 Å². The molecule has 1 atom stereocenters. The first-order valence-electron chi connectivity index (χ1n) is 8.96. The highest BCUT2D eigenvalue weighted by Crippen LogP contribution is 2.33. The lowest BCUT2D eigenvalue weighted by atomic mass is 10.1. The Labute approximate surface area is 159 Å². The van der Waals surface area contributed by atoms with Crippen LogP contribution in [0.5, 0.6) is 0 Å². The molecule has 1 aromatic carbocycles. The number of aryl methyl sites for hydroxylation is 1. The van der Waals surface area contributed by atoms with E-state index in [1.54, 1.807) is 29.5 Å². The Kier molecular flexibility index (Phi) is 5.01. The summed E-state index contributed by atoms with van der Waals surface area (Å²) in [6.45, 7) is 2.86. The molecule has 1 aliphatic rings. The van der Waals surface area contributed by atoms with Crippen molar-refractivity contribution < 1.29 is 8.78 Å². The van der Waals surface area contributed by atoms with Gasteiger partial charge in [-0.3, -0.25) is 14.3 Å². The summed E-state index contributed by atoms with van der Waals surface area (Å²) in [5, 5.41) is 1.38. The second kappa shape index (κ2) is 7.44. The van der Waals surface area contributed by atoms with Crippen LogP contribution in [0.2, 0.25) is 0 Å². The van der Waals surface area contributed by atoms with Crippen LogP contribution in [-0.4, -0.2) is 32.4 Å². The van der Waals surface area contributed by atoms with Gasteiger partial charge in [0.15, 0.2) is 0 Å². The van der Waals surface area contributed by atoms with E-state index in [1.807, 2.05) is 19.2 Å². The molecule has 142 valence electrons. The van der Waals surface area contributed by atoms with E-state index >= 15 is 0 Å². The SMILES string of the molecule is Cc1ncc(CN2CCCC2c2nc3ccccc3c(=O)n2CC(F)F)s1. The predicted octanol–water partition coefficient (Wildman–Crippen LogP) is 3.76. The number of likely N-dealkylation sites (tertiary alicyclic amines) is 1. The minimum absolute atomic E-state index is 0.150. The molecule has 1 unspecified atom stereocenters. The lowest BCUT2D eigenvalue weighted by Crippen LogP contribution is -2.33. The van der Waals surface area contributed by atoms with Gasteiger partial charge in [-0.25, -0.2) is 18.7 Å². The van der Waals surface area contributed by atoms with Crippen LogP contribution in [-0.2, 0) is 13.1 Å². The minimum Gasteiger partial charge on any atom is -0.289 e. The molecule has 0 aliphatic carbocycles. The molecule has 2 aromatic heterocycles. The maximum absolute atomic E-state index is 13.2. The van der Waals surface area contributed by atoms with Crippen LogP contribution < -0.4 is 5.56 Å². The summed E-state index contributed by atoms with van der Waals surface area (Å²) in [6.07, 6.45) is 0.990. The van der Waals surface area contributed by atoms with Crippen LogP contribution in [0.4, 0.5) is 8.78 Å². The van der Waals surface area contributed by atoms with Crippen molar-refractivity contribution in [3.63, 3.8) is 0 Å². The molecule has 4 rings (SSSR count). The third kappa shape index (κ3) is 3.64. The highest BCUT2D eigenvalue weighted by molar-refractivity contribution is 7.11. The van der Waals surface area contributed by atoms with Gasteiger partial charge in [-0.05, 0) is 38.4 Å². The van der Waals surface area contributed by atoms with Crippen molar-refractivity contribution in [1.82, 2.24) is 19.4 Å². The van der Waals surface area contributed by atoms with Crippen molar-refractivity contribution in [3.8, 4) is 0 Å². The summed E-state index contributed by atoms with van der Waals surface area (Å²) in [4.78, 5) is 25.1. The second-order valence-electron chi connectivity index (χ2n) is 6.77. The van der Waals surface area contributed by atoms with E-state index in [0.29, 0.717) is 23.3 Å². The van der Waals surface area contributed by atoms with Crippen LogP contribution >= 0.6 is 11.3 Å². The lowest BCUT2D eigenvalue weighted by molar-refractivity contribution is 0.120. The first kappa shape index (κ1) is 18.2. The number of para-hydroxylation sites is 1. The predicted molar refractivity (Wildman–Crippen MR) is 101 cm³/mol. The molecule has 8 heteroatoms. The molecular weight excluding hydrogens is 370 g/mol. The Balaban J connectivity index is 1.77. The number of halogens is 2. The van der Waals surface area contributed by atoms with Gasteiger partial charge in [-0.1, -0.05) is 12.1 Å². The summed E-state index contributed by atoms with van der Waals surface area (Å²) >= 11 is 1.63. The molecule has 27 heavy (non-hydrogen) atoms. The summed E-state index contributed by atoms with van der Waals surface area (Å²) in [7, 11) is 0. The zero-order chi connectivity index (χ0) is 19.0. The Morgan fingerprint density at radius 2 is 2.15 bits per heavy atom. The van der Waals surface area contributed by atoms with E-state index < -0.39 is 18.5 Å².